The number of rotatable bonds is 6. The Labute approximate surface area is 179 Å². The Morgan fingerprint density at radius 1 is 1.00 bits per heavy atom. The number of anilines is 1. The van der Waals surface area contributed by atoms with Gasteiger partial charge in [0.2, 0.25) is 11.7 Å². The zero-order valence-electron chi connectivity index (χ0n) is 16.0. The Morgan fingerprint density at radius 2 is 1.60 bits per heavy atom. The van der Waals surface area contributed by atoms with Gasteiger partial charge < -0.3 is 14.8 Å². The lowest BCUT2D eigenvalue weighted by atomic mass is 10.1. The van der Waals surface area contributed by atoms with Crippen molar-refractivity contribution in [2.45, 2.75) is 6.54 Å². The number of carbonyl (C=O) groups excluding carboxylic acids is 3. The van der Waals surface area contributed by atoms with Gasteiger partial charge in [-0.3, -0.25) is 4.79 Å². The summed E-state index contributed by atoms with van der Waals surface area (Å²) in [6, 6.07) is 11.4. The van der Waals surface area contributed by atoms with Crippen molar-refractivity contribution in [3.8, 4) is 11.4 Å². The largest absolute Gasteiger partial charge is 0.465 e. The van der Waals surface area contributed by atoms with Gasteiger partial charge in [-0.05, 0) is 47.7 Å². The van der Waals surface area contributed by atoms with E-state index >= 15 is 0 Å². The quantitative estimate of drug-likeness (QED) is 0.540. The van der Waals surface area contributed by atoms with Gasteiger partial charge in [0.15, 0.2) is 0 Å². The van der Waals surface area contributed by atoms with Crippen molar-refractivity contribution >= 4 is 39.5 Å². The third-order valence-electron chi connectivity index (χ3n) is 3.90. The smallest absolute Gasteiger partial charge is 0.337 e. The van der Waals surface area contributed by atoms with Crippen LogP contribution >= 0.6 is 15.9 Å². The van der Waals surface area contributed by atoms with Gasteiger partial charge in [0.05, 0.1) is 25.3 Å². The van der Waals surface area contributed by atoms with Crippen molar-refractivity contribution in [3.63, 3.8) is 0 Å². The van der Waals surface area contributed by atoms with Gasteiger partial charge in [0.1, 0.15) is 6.54 Å². The lowest BCUT2D eigenvalue weighted by Gasteiger charge is -2.09. The summed E-state index contributed by atoms with van der Waals surface area (Å²) in [5, 5.41) is 14.6. The van der Waals surface area contributed by atoms with Gasteiger partial charge in [0.25, 0.3) is 0 Å². The van der Waals surface area contributed by atoms with Crippen LogP contribution in [-0.4, -0.2) is 52.3 Å². The summed E-state index contributed by atoms with van der Waals surface area (Å²) >= 11 is 3.35. The van der Waals surface area contributed by atoms with E-state index in [1.165, 1.54) is 32.4 Å². The van der Waals surface area contributed by atoms with E-state index < -0.39 is 17.8 Å². The standard InChI is InChI=1S/C19H16BrN5O5/c1-29-18(27)12-7-13(19(28)30-2)9-15(8-12)21-16(26)10-25-23-17(22-24-25)11-3-5-14(20)6-4-11/h3-9H,10H2,1-2H3,(H,21,26). The molecule has 0 saturated carbocycles. The van der Waals surface area contributed by atoms with Crippen LogP contribution in [0.4, 0.5) is 5.69 Å². The SMILES string of the molecule is COC(=O)c1cc(NC(=O)Cn2nnc(-c3ccc(Br)cc3)n2)cc(C(=O)OC)c1. The number of halogens is 1. The molecule has 0 atom stereocenters. The summed E-state index contributed by atoms with van der Waals surface area (Å²) in [6.07, 6.45) is 0. The summed E-state index contributed by atoms with van der Waals surface area (Å²) in [5.41, 5.74) is 1.15. The Balaban J connectivity index is 1.75. The number of methoxy groups -OCH3 is 2. The summed E-state index contributed by atoms with van der Waals surface area (Å²) in [5.74, 6) is -1.43. The van der Waals surface area contributed by atoms with Gasteiger partial charge in [0, 0.05) is 15.7 Å². The second-order valence-electron chi connectivity index (χ2n) is 5.98. The van der Waals surface area contributed by atoms with Gasteiger partial charge in [-0.1, -0.05) is 15.9 Å². The first-order valence-electron chi connectivity index (χ1n) is 8.55. The second kappa shape index (κ2) is 9.27. The Morgan fingerprint density at radius 3 is 2.17 bits per heavy atom. The van der Waals surface area contributed by atoms with E-state index in [4.69, 9.17) is 0 Å². The molecule has 0 fully saturated rings. The maximum absolute atomic E-state index is 12.4. The molecule has 1 N–H and O–H groups in total. The molecule has 0 spiro atoms. The molecule has 1 heterocycles. The Kier molecular flexibility index (Phi) is 6.52. The van der Waals surface area contributed by atoms with E-state index in [0.717, 1.165) is 14.8 Å². The molecule has 0 aliphatic carbocycles. The van der Waals surface area contributed by atoms with Crippen molar-refractivity contribution in [2.75, 3.05) is 19.5 Å². The number of nitrogens with one attached hydrogen (secondary N) is 1. The predicted octanol–water partition coefficient (Wildman–Crippen LogP) is 2.31. The summed E-state index contributed by atoms with van der Waals surface area (Å²) in [6.45, 7) is -0.223. The number of nitrogens with zero attached hydrogens (tertiary/aromatic N) is 4. The number of esters is 2. The van der Waals surface area contributed by atoms with Gasteiger partial charge in [-0.25, -0.2) is 9.59 Å². The fourth-order valence-electron chi connectivity index (χ4n) is 2.52. The molecule has 1 amide bonds. The van der Waals surface area contributed by atoms with Gasteiger partial charge in [-0.2, -0.15) is 4.80 Å². The molecule has 0 aliphatic rings. The molecule has 0 radical (unpaired) electrons. The van der Waals surface area contributed by atoms with E-state index in [1.807, 2.05) is 24.3 Å². The number of aromatic nitrogens is 4. The zero-order chi connectivity index (χ0) is 21.7. The number of carbonyl (C=O) groups is 3. The molecule has 3 aromatic rings. The Hall–Kier alpha value is -3.60. The molecule has 0 saturated heterocycles. The lowest BCUT2D eigenvalue weighted by molar-refractivity contribution is -0.117. The molecule has 11 heteroatoms. The fourth-order valence-corrected chi connectivity index (χ4v) is 2.79. The average molecular weight is 474 g/mol. The van der Waals surface area contributed by atoms with E-state index in [9.17, 15) is 14.4 Å². The molecule has 0 unspecified atom stereocenters. The van der Waals surface area contributed by atoms with Crippen molar-refractivity contribution < 1.29 is 23.9 Å². The zero-order valence-corrected chi connectivity index (χ0v) is 17.5. The normalized spacial score (nSPS) is 10.4. The van der Waals surface area contributed by atoms with Crippen LogP contribution in [0.1, 0.15) is 20.7 Å². The van der Waals surface area contributed by atoms with Crippen LogP contribution in [0.2, 0.25) is 0 Å². The topological polar surface area (TPSA) is 125 Å². The number of benzene rings is 2. The van der Waals surface area contributed by atoms with Crippen LogP contribution in [0.25, 0.3) is 11.4 Å². The van der Waals surface area contributed by atoms with E-state index in [-0.39, 0.29) is 23.4 Å². The second-order valence-corrected chi connectivity index (χ2v) is 6.90. The van der Waals surface area contributed by atoms with Crippen LogP contribution in [0, 0.1) is 0 Å². The molecule has 3 rings (SSSR count). The molecule has 1 aromatic heterocycles. The van der Waals surface area contributed by atoms with Crippen LogP contribution in [-0.2, 0) is 20.8 Å². The van der Waals surface area contributed by atoms with E-state index in [1.54, 1.807) is 0 Å². The van der Waals surface area contributed by atoms with E-state index in [2.05, 4.69) is 46.1 Å². The average Bonchev–Trinajstić information content (AvgIpc) is 3.20. The highest BCUT2D eigenvalue weighted by atomic mass is 79.9. The highest BCUT2D eigenvalue weighted by molar-refractivity contribution is 9.10. The minimum absolute atomic E-state index is 0.0899. The highest BCUT2D eigenvalue weighted by Crippen LogP contribution is 2.18. The highest BCUT2D eigenvalue weighted by Gasteiger charge is 2.16. The van der Waals surface area contributed by atoms with E-state index in [0.29, 0.717) is 5.82 Å². The summed E-state index contributed by atoms with van der Waals surface area (Å²) in [4.78, 5) is 37.2. The first-order valence-corrected chi connectivity index (χ1v) is 9.34. The molecular weight excluding hydrogens is 458 g/mol. The number of ether oxygens (including phenoxy) is 2. The van der Waals surface area contributed by atoms with Crippen LogP contribution in [0.3, 0.4) is 0 Å². The molecular formula is C19H16BrN5O5. The third kappa shape index (κ3) is 5.06. The van der Waals surface area contributed by atoms with Crippen LogP contribution in [0.5, 0.6) is 0 Å². The fraction of sp³-hybridized carbons (Fsp3) is 0.158. The minimum Gasteiger partial charge on any atom is -0.465 e. The van der Waals surface area contributed by atoms with Crippen molar-refractivity contribution in [2.24, 2.45) is 0 Å². The molecule has 2 aromatic carbocycles. The molecule has 30 heavy (non-hydrogen) atoms. The lowest BCUT2D eigenvalue weighted by Crippen LogP contribution is -2.21. The monoisotopic (exact) mass is 473 g/mol. The number of tetrazole rings is 1. The first-order chi connectivity index (χ1) is 14.4. The maximum Gasteiger partial charge on any atom is 0.337 e. The first kappa shape index (κ1) is 21.1. The van der Waals surface area contributed by atoms with Crippen LogP contribution < -0.4 is 5.32 Å². The van der Waals surface area contributed by atoms with Crippen LogP contribution in [0.15, 0.2) is 46.9 Å². The van der Waals surface area contributed by atoms with Crippen molar-refractivity contribution in [1.82, 2.24) is 20.2 Å². The van der Waals surface area contributed by atoms with Crippen molar-refractivity contribution in [3.05, 3.63) is 58.1 Å². The molecule has 0 aliphatic heterocycles. The maximum atomic E-state index is 12.4. The molecule has 154 valence electrons. The number of hydrogen-bond acceptors (Lipinski definition) is 8. The molecule has 10 nitrogen and oxygen atoms in total. The summed E-state index contributed by atoms with van der Waals surface area (Å²) in [7, 11) is 2.43. The number of amides is 1. The predicted molar refractivity (Wildman–Crippen MR) is 109 cm³/mol. The molecule has 0 bridgehead atoms. The summed E-state index contributed by atoms with van der Waals surface area (Å²) < 4.78 is 10.3. The van der Waals surface area contributed by atoms with Crippen molar-refractivity contribution in [1.29, 1.82) is 0 Å². The van der Waals surface area contributed by atoms with Gasteiger partial charge in [-0.15, -0.1) is 10.2 Å². The Bertz CT molecular complexity index is 1060. The third-order valence-corrected chi connectivity index (χ3v) is 4.43. The number of hydrogen-bond donors (Lipinski definition) is 1. The van der Waals surface area contributed by atoms with Gasteiger partial charge >= 0.3 is 11.9 Å². The minimum atomic E-state index is -0.659.